The van der Waals surface area contributed by atoms with Crippen molar-refractivity contribution in [1.82, 2.24) is 9.62 Å². The average Bonchev–Trinajstić information content (AvgIpc) is 2.73. The molecule has 0 saturated carbocycles. The third-order valence-electron chi connectivity index (χ3n) is 4.76. The standard InChI is InChI=1S/C22H28N2O4S2/c1-17-15-24(16-18(2)28-17)30(26,27)21-11-9-19(10-12-21)22(25)23-13-6-14-29-20-7-4-3-5-8-20/h3-5,7-12,17-18H,6,13-16H2,1-2H3,(H,23,25)/t17-,18-/m1/s1. The quantitative estimate of drug-likeness (QED) is 0.495. The van der Waals surface area contributed by atoms with Gasteiger partial charge in [0.05, 0.1) is 17.1 Å². The van der Waals surface area contributed by atoms with Gasteiger partial charge in [0.2, 0.25) is 10.0 Å². The first-order valence-electron chi connectivity index (χ1n) is 10.1. The second-order valence-corrected chi connectivity index (χ2v) is 10.5. The number of benzene rings is 2. The van der Waals surface area contributed by atoms with E-state index in [0.717, 1.165) is 12.2 Å². The number of morpholine rings is 1. The summed E-state index contributed by atoms with van der Waals surface area (Å²) in [4.78, 5) is 13.7. The molecule has 0 spiro atoms. The van der Waals surface area contributed by atoms with Gasteiger partial charge in [-0.25, -0.2) is 8.42 Å². The van der Waals surface area contributed by atoms with Gasteiger partial charge in [0, 0.05) is 30.1 Å². The molecule has 2 aromatic rings. The summed E-state index contributed by atoms with van der Waals surface area (Å²) in [6, 6.07) is 16.3. The van der Waals surface area contributed by atoms with Crippen LogP contribution in [0.4, 0.5) is 0 Å². The van der Waals surface area contributed by atoms with Crippen LogP contribution in [0.15, 0.2) is 64.4 Å². The van der Waals surface area contributed by atoms with Crippen LogP contribution in [0.2, 0.25) is 0 Å². The van der Waals surface area contributed by atoms with Crippen molar-refractivity contribution in [3.05, 3.63) is 60.2 Å². The zero-order chi connectivity index (χ0) is 21.6. The van der Waals surface area contributed by atoms with Crippen molar-refractivity contribution in [3.8, 4) is 0 Å². The van der Waals surface area contributed by atoms with E-state index < -0.39 is 10.0 Å². The van der Waals surface area contributed by atoms with Crippen LogP contribution in [0.5, 0.6) is 0 Å². The third kappa shape index (κ3) is 6.07. The van der Waals surface area contributed by atoms with Gasteiger partial charge in [-0.1, -0.05) is 18.2 Å². The van der Waals surface area contributed by atoms with Crippen molar-refractivity contribution in [2.45, 2.75) is 42.3 Å². The molecular formula is C22H28N2O4S2. The molecule has 2 aromatic carbocycles. The highest BCUT2D eigenvalue weighted by molar-refractivity contribution is 7.99. The number of carbonyl (C=O) groups is 1. The van der Waals surface area contributed by atoms with Crippen molar-refractivity contribution < 1.29 is 17.9 Å². The van der Waals surface area contributed by atoms with Crippen LogP contribution in [0, 0.1) is 0 Å². The first-order valence-corrected chi connectivity index (χ1v) is 12.5. The number of amides is 1. The number of hydrogen-bond acceptors (Lipinski definition) is 5. The van der Waals surface area contributed by atoms with E-state index in [1.54, 1.807) is 23.9 Å². The van der Waals surface area contributed by atoms with Gasteiger partial charge < -0.3 is 10.1 Å². The molecular weight excluding hydrogens is 420 g/mol. The van der Waals surface area contributed by atoms with Gasteiger partial charge in [0.25, 0.3) is 5.91 Å². The summed E-state index contributed by atoms with van der Waals surface area (Å²) in [5.74, 6) is 0.718. The van der Waals surface area contributed by atoms with E-state index in [1.165, 1.54) is 21.3 Å². The molecule has 0 aliphatic carbocycles. The van der Waals surface area contributed by atoms with E-state index in [4.69, 9.17) is 4.74 Å². The molecule has 0 bridgehead atoms. The number of rotatable bonds is 8. The Bertz CT molecular complexity index is 923. The lowest BCUT2D eigenvalue weighted by Gasteiger charge is -2.34. The summed E-state index contributed by atoms with van der Waals surface area (Å²) in [6.07, 6.45) is 0.563. The minimum Gasteiger partial charge on any atom is -0.373 e. The molecule has 162 valence electrons. The first kappa shape index (κ1) is 22.8. The lowest BCUT2D eigenvalue weighted by Crippen LogP contribution is -2.48. The van der Waals surface area contributed by atoms with Crippen molar-refractivity contribution in [2.75, 3.05) is 25.4 Å². The lowest BCUT2D eigenvalue weighted by molar-refractivity contribution is -0.0440. The van der Waals surface area contributed by atoms with Crippen LogP contribution in [-0.4, -0.2) is 56.2 Å². The molecule has 2 atom stereocenters. The van der Waals surface area contributed by atoms with E-state index in [-0.39, 0.29) is 23.0 Å². The lowest BCUT2D eigenvalue weighted by atomic mass is 10.2. The maximum Gasteiger partial charge on any atom is 0.251 e. The molecule has 1 aliphatic rings. The smallest absolute Gasteiger partial charge is 0.251 e. The fraction of sp³-hybridized carbons (Fsp3) is 0.409. The van der Waals surface area contributed by atoms with Crippen molar-refractivity contribution in [1.29, 1.82) is 0 Å². The molecule has 6 nitrogen and oxygen atoms in total. The van der Waals surface area contributed by atoms with E-state index in [0.29, 0.717) is 25.2 Å². The monoisotopic (exact) mass is 448 g/mol. The molecule has 30 heavy (non-hydrogen) atoms. The Labute approximate surface area is 183 Å². The molecule has 1 saturated heterocycles. The molecule has 0 radical (unpaired) electrons. The number of ether oxygens (including phenoxy) is 1. The Kier molecular flexibility index (Phi) is 7.93. The van der Waals surface area contributed by atoms with Gasteiger partial charge >= 0.3 is 0 Å². The summed E-state index contributed by atoms with van der Waals surface area (Å²) < 4.78 is 32.8. The van der Waals surface area contributed by atoms with Crippen LogP contribution in [0.25, 0.3) is 0 Å². The van der Waals surface area contributed by atoms with Crippen molar-refractivity contribution in [3.63, 3.8) is 0 Å². The largest absolute Gasteiger partial charge is 0.373 e. The summed E-state index contributed by atoms with van der Waals surface area (Å²) in [7, 11) is -3.60. The number of hydrogen-bond donors (Lipinski definition) is 1. The molecule has 0 unspecified atom stereocenters. The Morgan fingerprint density at radius 2 is 1.70 bits per heavy atom. The molecule has 1 amide bonds. The van der Waals surface area contributed by atoms with E-state index in [1.807, 2.05) is 32.0 Å². The summed E-state index contributed by atoms with van der Waals surface area (Å²) in [6.45, 7) is 4.96. The minimum atomic E-state index is -3.60. The third-order valence-corrected chi connectivity index (χ3v) is 7.70. The molecule has 3 rings (SSSR count). The van der Waals surface area contributed by atoms with Gasteiger partial charge in [0.1, 0.15) is 0 Å². The normalized spacial score (nSPS) is 20.1. The average molecular weight is 449 g/mol. The minimum absolute atomic E-state index is 0.145. The zero-order valence-electron chi connectivity index (χ0n) is 17.3. The van der Waals surface area contributed by atoms with Gasteiger partial charge in [-0.05, 0) is 62.4 Å². The predicted octanol–water partition coefficient (Wildman–Crippen LogP) is 3.40. The number of nitrogens with one attached hydrogen (secondary N) is 1. The fourth-order valence-electron chi connectivity index (χ4n) is 3.34. The second kappa shape index (κ2) is 10.4. The molecule has 1 heterocycles. The molecule has 8 heteroatoms. The van der Waals surface area contributed by atoms with Crippen LogP contribution < -0.4 is 5.32 Å². The van der Waals surface area contributed by atoms with Gasteiger partial charge in [-0.3, -0.25) is 4.79 Å². The maximum absolute atomic E-state index is 12.9. The van der Waals surface area contributed by atoms with Crippen molar-refractivity contribution >= 4 is 27.7 Å². The highest BCUT2D eigenvalue weighted by Crippen LogP contribution is 2.21. The molecule has 1 fully saturated rings. The van der Waals surface area contributed by atoms with Crippen LogP contribution in [-0.2, 0) is 14.8 Å². The Morgan fingerprint density at radius 1 is 1.07 bits per heavy atom. The first-order chi connectivity index (χ1) is 14.4. The highest BCUT2D eigenvalue weighted by atomic mass is 32.2. The Balaban J connectivity index is 1.50. The Morgan fingerprint density at radius 3 is 2.33 bits per heavy atom. The van der Waals surface area contributed by atoms with E-state index in [2.05, 4.69) is 17.4 Å². The number of sulfonamides is 1. The summed E-state index contributed by atoms with van der Waals surface area (Å²) in [5.41, 5.74) is 0.452. The summed E-state index contributed by atoms with van der Waals surface area (Å²) in [5, 5.41) is 2.89. The number of thioether (sulfide) groups is 1. The van der Waals surface area contributed by atoms with Crippen molar-refractivity contribution in [2.24, 2.45) is 0 Å². The van der Waals surface area contributed by atoms with E-state index >= 15 is 0 Å². The Hall–Kier alpha value is -1.87. The van der Waals surface area contributed by atoms with Gasteiger partial charge in [-0.15, -0.1) is 11.8 Å². The van der Waals surface area contributed by atoms with Gasteiger partial charge in [-0.2, -0.15) is 4.31 Å². The van der Waals surface area contributed by atoms with Crippen LogP contribution in [0.3, 0.4) is 0 Å². The number of carbonyl (C=O) groups excluding carboxylic acids is 1. The second-order valence-electron chi connectivity index (χ2n) is 7.37. The maximum atomic E-state index is 12.9. The zero-order valence-corrected chi connectivity index (χ0v) is 18.9. The van der Waals surface area contributed by atoms with E-state index in [9.17, 15) is 13.2 Å². The molecule has 1 aliphatic heterocycles. The summed E-state index contributed by atoms with van der Waals surface area (Å²) >= 11 is 1.75. The molecule has 1 N–H and O–H groups in total. The highest BCUT2D eigenvalue weighted by Gasteiger charge is 2.32. The molecule has 0 aromatic heterocycles. The van der Waals surface area contributed by atoms with Gasteiger partial charge in [0.15, 0.2) is 0 Å². The topological polar surface area (TPSA) is 75.7 Å². The predicted molar refractivity (Wildman–Crippen MR) is 119 cm³/mol. The SMILES string of the molecule is C[C@@H]1CN(S(=O)(=O)c2ccc(C(=O)NCCCSc3ccccc3)cc2)C[C@@H](C)O1. The fourth-order valence-corrected chi connectivity index (χ4v) is 5.80. The van der Waals surface area contributed by atoms with Crippen LogP contribution >= 0.6 is 11.8 Å². The van der Waals surface area contributed by atoms with Crippen LogP contribution in [0.1, 0.15) is 30.6 Å². The number of nitrogens with zero attached hydrogens (tertiary/aromatic N) is 1.